The summed E-state index contributed by atoms with van der Waals surface area (Å²) in [6, 6.07) is 6.34. The molecular weight excluding hydrogens is 458 g/mol. The number of piperazine rings is 1. The average Bonchev–Trinajstić information content (AvgIpc) is 3.12. The number of likely N-dealkylation sites (tertiary alicyclic amines) is 1. The number of hydrogen-bond acceptors (Lipinski definition) is 8. The fraction of sp³-hybridized carbons (Fsp3) is 0.542. The van der Waals surface area contributed by atoms with E-state index in [9.17, 15) is 18.3 Å². The van der Waals surface area contributed by atoms with E-state index in [1.165, 1.54) is 30.5 Å². The molecule has 4 rings (SSSR count). The Kier molecular flexibility index (Phi) is 7.92. The minimum absolute atomic E-state index is 0.00576. The third kappa shape index (κ3) is 5.63. The lowest BCUT2D eigenvalue weighted by Crippen LogP contribution is -2.48. The van der Waals surface area contributed by atoms with Gasteiger partial charge in [0, 0.05) is 44.8 Å². The molecule has 0 aliphatic carbocycles. The van der Waals surface area contributed by atoms with Gasteiger partial charge in [-0.2, -0.15) is 4.31 Å². The van der Waals surface area contributed by atoms with Crippen molar-refractivity contribution in [1.29, 1.82) is 0 Å². The summed E-state index contributed by atoms with van der Waals surface area (Å²) >= 11 is 0. The molecule has 2 fully saturated rings. The molecule has 3 heterocycles. The molecule has 186 valence electrons. The van der Waals surface area contributed by atoms with Crippen molar-refractivity contribution in [1.82, 2.24) is 14.1 Å². The van der Waals surface area contributed by atoms with Gasteiger partial charge in [0.15, 0.2) is 0 Å². The molecule has 2 aliphatic rings. The van der Waals surface area contributed by atoms with Crippen LogP contribution < -0.4 is 10.4 Å². The van der Waals surface area contributed by atoms with Crippen LogP contribution in [-0.2, 0) is 23.1 Å². The zero-order chi connectivity index (χ0) is 24.1. The van der Waals surface area contributed by atoms with E-state index in [4.69, 9.17) is 9.15 Å². The maximum atomic E-state index is 13.0. The van der Waals surface area contributed by atoms with Crippen molar-refractivity contribution in [2.45, 2.75) is 43.7 Å². The molecule has 1 N–H and O–H groups in total. The number of nitrogens with zero attached hydrogens (tertiary/aromatic N) is 3. The summed E-state index contributed by atoms with van der Waals surface area (Å²) in [6.07, 6.45) is 6.07. The highest BCUT2D eigenvalue weighted by Gasteiger charge is 2.29. The van der Waals surface area contributed by atoms with Crippen LogP contribution in [0.2, 0.25) is 0 Å². The Hall–Kier alpha value is -2.40. The summed E-state index contributed by atoms with van der Waals surface area (Å²) in [7, 11) is -2.08. The van der Waals surface area contributed by atoms with Crippen molar-refractivity contribution in [2.24, 2.45) is 0 Å². The van der Waals surface area contributed by atoms with Crippen LogP contribution in [0, 0.1) is 0 Å². The highest BCUT2D eigenvalue weighted by Crippen LogP contribution is 2.25. The molecule has 34 heavy (non-hydrogen) atoms. The molecule has 0 radical (unpaired) electrons. The highest BCUT2D eigenvalue weighted by molar-refractivity contribution is 7.89. The first-order chi connectivity index (χ1) is 16.4. The first-order valence-corrected chi connectivity index (χ1v) is 13.2. The predicted octanol–water partition coefficient (Wildman–Crippen LogP) is 2.24. The van der Waals surface area contributed by atoms with Crippen LogP contribution in [0.15, 0.2) is 44.6 Å². The van der Waals surface area contributed by atoms with E-state index in [1.807, 2.05) is 4.90 Å². The Bertz CT molecular complexity index is 1120. The molecule has 10 heteroatoms. The Morgan fingerprint density at radius 2 is 1.53 bits per heavy atom. The maximum Gasteiger partial charge on any atom is 0.343 e. The SMILES string of the molecule is COc1ccc(S(=O)(=O)N2CCN(Cc3c(O)c(CN4CCCCCC4)coc3=O)CC2)cc1. The smallest absolute Gasteiger partial charge is 0.343 e. The van der Waals surface area contributed by atoms with Crippen LogP contribution in [0.1, 0.15) is 36.8 Å². The fourth-order valence-electron chi connectivity index (χ4n) is 4.58. The normalized spacial score (nSPS) is 19.1. The van der Waals surface area contributed by atoms with Crippen molar-refractivity contribution in [3.8, 4) is 11.5 Å². The van der Waals surface area contributed by atoms with Crippen LogP contribution in [-0.4, -0.2) is 74.0 Å². The second kappa shape index (κ2) is 10.9. The lowest BCUT2D eigenvalue weighted by Gasteiger charge is -2.34. The molecule has 0 bridgehead atoms. The van der Waals surface area contributed by atoms with Gasteiger partial charge in [-0.05, 0) is 50.2 Å². The fourth-order valence-corrected chi connectivity index (χ4v) is 6.00. The molecule has 2 aliphatic heterocycles. The molecular formula is C24H33N3O6S. The van der Waals surface area contributed by atoms with Crippen LogP contribution in [0.5, 0.6) is 11.5 Å². The van der Waals surface area contributed by atoms with E-state index in [-0.39, 0.29) is 22.8 Å². The zero-order valence-corrected chi connectivity index (χ0v) is 20.4. The molecule has 0 saturated carbocycles. The van der Waals surface area contributed by atoms with Crippen molar-refractivity contribution in [3.05, 3.63) is 52.1 Å². The first kappa shape index (κ1) is 24.7. The third-order valence-electron chi connectivity index (χ3n) is 6.65. The molecule has 0 amide bonds. The number of ether oxygens (including phenoxy) is 1. The molecule has 0 spiro atoms. The van der Waals surface area contributed by atoms with Gasteiger partial charge in [0.1, 0.15) is 17.8 Å². The topological polar surface area (TPSA) is 104 Å². The van der Waals surface area contributed by atoms with Crippen LogP contribution in [0.3, 0.4) is 0 Å². The zero-order valence-electron chi connectivity index (χ0n) is 19.6. The van der Waals surface area contributed by atoms with Gasteiger partial charge in [-0.1, -0.05) is 12.8 Å². The number of aromatic hydroxyl groups is 1. The molecule has 0 atom stereocenters. The van der Waals surface area contributed by atoms with Gasteiger partial charge in [-0.3, -0.25) is 9.80 Å². The maximum absolute atomic E-state index is 13.0. The molecule has 1 aromatic heterocycles. The van der Waals surface area contributed by atoms with Gasteiger partial charge in [-0.15, -0.1) is 0 Å². The molecule has 1 aromatic carbocycles. The van der Waals surface area contributed by atoms with E-state index < -0.39 is 15.6 Å². The summed E-state index contributed by atoms with van der Waals surface area (Å²) in [5, 5.41) is 10.8. The lowest BCUT2D eigenvalue weighted by molar-refractivity contribution is 0.177. The summed E-state index contributed by atoms with van der Waals surface area (Å²) in [4.78, 5) is 16.9. The summed E-state index contributed by atoms with van der Waals surface area (Å²) < 4.78 is 37.8. The third-order valence-corrected chi connectivity index (χ3v) is 8.56. The van der Waals surface area contributed by atoms with Crippen molar-refractivity contribution in [2.75, 3.05) is 46.4 Å². The second-order valence-electron chi connectivity index (χ2n) is 8.92. The van der Waals surface area contributed by atoms with Crippen molar-refractivity contribution in [3.63, 3.8) is 0 Å². The minimum atomic E-state index is -3.61. The van der Waals surface area contributed by atoms with Gasteiger partial charge >= 0.3 is 5.63 Å². The first-order valence-electron chi connectivity index (χ1n) is 11.8. The number of methoxy groups -OCH3 is 1. The largest absolute Gasteiger partial charge is 0.507 e. The monoisotopic (exact) mass is 491 g/mol. The lowest BCUT2D eigenvalue weighted by atomic mass is 10.1. The van der Waals surface area contributed by atoms with Gasteiger partial charge in [0.25, 0.3) is 0 Å². The summed E-state index contributed by atoms with van der Waals surface area (Å²) in [5.41, 5.74) is 0.307. The number of benzene rings is 1. The average molecular weight is 492 g/mol. The summed E-state index contributed by atoms with van der Waals surface area (Å²) in [5.74, 6) is 0.592. The van der Waals surface area contributed by atoms with Gasteiger partial charge < -0.3 is 14.3 Å². The Morgan fingerprint density at radius 1 is 0.912 bits per heavy atom. The predicted molar refractivity (Wildman–Crippen MR) is 127 cm³/mol. The van der Waals surface area contributed by atoms with Gasteiger partial charge in [0.2, 0.25) is 10.0 Å². The molecule has 2 aromatic rings. The van der Waals surface area contributed by atoms with E-state index in [1.54, 1.807) is 24.3 Å². The minimum Gasteiger partial charge on any atom is -0.507 e. The van der Waals surface area contributed by atoms with Gasteiger partial charge in [0.05, 0.1) is 17.6 Å². The van der Waals surface area contributed by atoms with Crippen molar-refractivity contribution >= 4 is 10.0 Å². The molecule has 2 saturated heterocycles. The van der Waals surface area contributed by atoms with Gasteiger partial charge in [-0.25, -0.2) is 13.2 Å². The Labute approximate surface area is 200 Å². The van der Waals surface area contributed by atoms with E-state index in [0.29, 0.717) is 44.0 Å². The van der Waals surface area contributed by atoms with Crippen molar-refractivity contribution < 1.29 is 22.7 Å². The number of hydrogen-bond donors (Lipinski definition) is 1. The van der Waals surface area contributed by atoms with E-state index >= 15 is 0 Å². The van der Waals surface area contributed by atoms with Crippen LogP contribution >= 0.6 is 0 Å². The highest BCUT2D eigenvalue weighted by atomic mass is 32.2. The Morgan fingerprint density at radius 3 is 2.15 bits per heavy atom. The molecule has 0 unspecified atom stereocenters. The number of rotatable bonds is 7. The summed E-state index contributed by atoms with van der Waals surface area (Å²) in [6.45, 7) is 4.21. The van der Waals surface area contributed by atoms with Crippen LogP contribution in [0.4, 0.5) is 0 Å². The Balaban J connectivity index is 1.40. The van der Waals surface area contributed by atoms with E-state index in [0.717, 1.165) is 25.9 Å². The van der Waals surface area contributed by atoms with Crippen LogP contribution in [0.25, 0.3) is 0 Å². The van der Waals surface area contributed by atoms with E-state index in [2.05, 4.69) is 4.90 Å². The number of sulfonamides is 1. The standard InChI is InChI=1S/C24H33N3O6S/c1-32-20-6-8-21(9-7-20)34(30,31)27-14-12-26(13-15-27)17-22-23(28)19(18-33-24(22)29)16-25-10-4-2-3-5-11-25/h6-9,18,28H,2-5,10-17H2,1H3. The second-order valence-corrected chi connectivity index (χ2v) is 10.9. The quantitative estimate of drug-likeness (QED) is 0.629. The molecule has 9 nitrogen and oxygen atoms in total.